The molecular formula is C27H29N5O4. The summed E-state index contributed by atoms with van der Waals surface area (Å²) in [5, 5.41) is 13.4. The molecule has 0 unspecified atom stereocenters. The second kappa shape index (κ2) is 10.5. The molecule has 0 aliphatic rings. The van der Waals surface area contributed by atoms with E-state index in [-0.39, 0.29) is 24.4 Å². The van der Waals surface area contributed by atoms with Gasteiger partial charge >= 0.3 is 6.09 Å². The van der Waals surface area contributed by atoms with Crippen molar-refractivity contribution >= 4 is 28.6 Å². The summed E-state index contributed by atoms with van der Waals surface area (Å²) in [5.41, 5.74) is 3.57. The van der Waals surface area contributed by atoms with Crippen LogP contribution in [0.15, 0.2) is 71.8 Å². The van der Waals surface area contributed by atoms with Crippen LogP contribution in [0.1, 0.15) is 32.8 Å². The van der Waals surface area contributed by atoms with E-state index in [1.807, 2.05) is 42.6 Å². The molecule has 0 radical (unpaired) electrons. The van der Waals surface area contributed by atoms with Crippen molar-refractivity contribution < 1.29 is 14.3 Å². The predicted octanol–water partition coefficient (Wildman–Crippen LogP) is 4.29. The monoisotopic (exact) mass is 487 g/mol. The van der Waals surface area contributed by atoms with Crippen molar-refractivity contribution in [2.45, 2.75) is 39.3 Å². The second-order valence-electron chi connectivity index (χ2n) is 9.48. The van der Waals surface area contributed by atoms with Gasteiger partial charge in [-0.15, -0.1) is 0 Å². The molecule has 0 spiro atoms. The van der Waals surface area contributed by atoms with Crippen LogP contribution in [-0.2, 0) is 16.1 Å². The molecule has 4 aromatic rings. The number of rotatable bonds is 7. The minimum Gasteiger partial charge on any atom is -0.444 e. The van der Waals surface area contributed by atoms with E-state index < -0.39 is 11.7 Å². The van der Waals surface area contributed by atoms with Gasteiger partial charge < -0.3 is 19.9 Å². The molecule has 0 fully saturated rings. The molecule has 36 heavy (non-hydrogen) atoms. The lowest BCUT2D eigenvalue weighted by molar-refractivity contribution is -0.116. The Morgan fingerprint density at radius 2 is 1.86 bits per heavy atom. The van der Waals surface area contributed by atoms with Gasteiger partial charge in [-0.2, -0.15) is 5.10 Å². The molecule has 0 aliphatic carbocycles. The summed E-state index contributed by atoms with van der Waals surface area (Å²) < 4.78 is 6.79. The normalized spacial score (nSPS) is 11.3. The number of H-pyrrole nitrogens is 1. The molecule has 2 amide bonds. The highest BCUT2D eigenvalue weighted by atomic mass is 16.6. The van der Waals surface area contributed by atoms with Crippen molar-refractivity contribution in [1.82, 2.24) is 20.1 Å². The topological polar surface area (TPSA) is 118 Å². The smallest absolute Gasteiger partial charge is 0.407 e. The zero-order chi connectivity index (χ0) is 25.7. The fourth-order valence-electron chi connectivity index (χ4n) is 3.70. The van der Waals surface area contributed by atoms with Crippen LogP contribution < -0.4 is 16.2 Å². The van der Waals surface area contributed by atoms with E-state index in [9.17, 15) is 14.4 Å². The summed E-state index contributed by atoms with van der Waals surface area (Å²) in [4.78, 5) is 36.6. The van der Waals surface area contributed by atoms with Crippen LogP contribution in [0.2, 0.25) is 0 Å². The number of aromatic nitrogens is 3. The molecule has 2 heterocycles. The Labute approximate surface area is 208 Å². The Kier molecular flexibility index (Phi) is 7.19. The SMILES string of the molecule is CC(C)(C)OC(=O)NCCC(=O)Nc1cccc(Cn2cc(-c3ccc4cn[nH]c4c3)ccc2=O)c1. The van der Waals surface area contributed by atoms with Gasteiger partial charge in [0.25, 0.3) is 5.56 Å². The quantitative estimate of drug-likeness (QED) is 0.359. The second-order valence-corrected chi connectivity index (χ2v) is 9.48. The van der Waals surface area contributed by atoms with Gasteiger partial charge in [0.05, 0.1) is 18.3 Å². The molecule has 0 atom stereocenters. The zero-order valence-electron chi connectivity index (χ0n) is 20.5. The van der Waals surface area contributed by atoms with Crippen molar-refractivity contribution in [2.24, 2.45) is 0 Å². The van der Waals surface area contributed by atoms with Crippen molar-refractivity contribution in [3.05, 3.63) is 82.9 Å². The van der Waals surface area contributed by atoms with E-state index >= 15 is 0 Å². The van der Waals surface area contributed by atoms with Crippen LogP contribution in [0, 0.1) is 0 Å². The van der Waals surface area contributed by atoms with E-state index in [2.05, 4.69) is 20.8 Å². The minimum atomic E-state index is -0.596. The molecule has 9 nitrogen and oxygen atoms in total. The summed E-state index contributed by atoms with van der Waals surface area (Å²) in [6.07, 6.45) is 3.14. The van der Waals surface area contributed by atoms with Crippen molar-refractivity contribution in [3.63, 3.8) is 0 Å². The Balaban J connectivity index is 1.39. The van der Waals surface area contributed by atoms with E-state index in [4.69, 9.17) is 4.74 Å². The first-order chi connectivity index (χ1) is 17.2. The number of nitrogens with zero attached hydrogens (tertiary/aromatic N) is 2. The van der Waals surface area contributed by atoms with Crippen molar-refractivity contribution in [2.75, 3.05) is 11.9 Å². The number of nitrogens with one attached hydrogen (secondary N) is 3. The minimum absolute atomic E-state index is 0.103. The number of fused-ring (bicyclic) bond motifs is 1. The molecule has 9 heteroatoms. The molecule has 2 aromatic carbocycles. The number of carbonyl (C=O) groups is 2. The first kappa shape index (κ1) is 24.7. The number of pyridine rings is 1. The van der Waals surface area contributed by atoms with Gasteiger partial charge in [0.15, 0.2) is 0 Å². The molecule has 3 N–H and O–H groups in total. The van der Waals surface area contributed by atoms with Crippen LogP contribution in [0.25, 0.3) is 22.0 Å². The fourth-order valence-corrected chi connectivity index (χ4v) is 3.70. The number of hydrogen-bond donors (Lipinski definition) is 3. The van der Waals surface area contributed by atoms with E-state index in [1.165, 1.54) is 0 Å². The third kappa shape index (κ3) is 6.59. The summed E-state index contributed by atoms with van der Waals surface area (Å²) in [5.74, 6) is -0.239. The molecule has 4 rings (SSSR count). The summed E-state index contributed by atoms with van der Waals surface area (Å²) >= 11 is 0. The van der Waals surface area contributed by atoms with Crippen LogP contribution in [-0.4, -0.2) is 38.9 Å². The fraction of sp³-hybridized carbons (Fsp3) is 0.259. The molecular weight excluding hydrogens is 458 g/mol. The van der Waals surface area contributed by atoms with Crippen LogP contribution in [0.5, 0.6) is 0 Å². The lowest BCUT2D eigenvalue weighted by Gasteiger charge is -2.19. The summed E-state index contributed by atoms with van der Waals surface area (Å²) in [6.45, 7) is 5.83. The predicted molar refractivity (Wildman–Crippen MR) is 139 cm³/mol. The number of amides is 2. The average molecular weight is 488 g/mol. The highest BCUT2D eigenvalue weighted by molar-refractivity contribution is 5.91. The number of aromatic amines is 1. The van der Waals surface area contributed by atoms with E-state index in [0.717, 1.165) is 27.6 Å². The van der Waals surface area contributed by atoms with Gasteiger partial charge in [-0.1, -0.05) is 24.3 Å². The summed E-state index contributed by atoms with van der Waals surface area (Å²) in [7, 11) is 0. The molecule has 0 saturated carbocycles. The number of hydrogen-bond acceptors (Lipinski definition) is 5. The third-order valence-corrected chi connectivity index (χ3v) is 5.34. The molecule has 186 valence electrons. The van der Waals surface area contributed by atoms with Gasteiger partial charge in [-0.25, -0.2) is 4.79 Å². The highest BCUT2D eigenvalue weighted by Gasteiger charge is 2.16. The molecule has 0 aliphatic heterocycles. The maximum atomic E-state index is 12.5. The third-order valence-electron chi connectivity index (χ3n) is 5.34. The average Bonchev–Trinajstić information content (AvgIpc) is 3.27. The van der Waals surface area contributed by atoms with E-state index in [1.54, 1.807) is 49.7 Å². The Bertz CT molecular complexity index is 1450. The van der Waals surface area contributed by atoms with Crippen LogP contribution in [0.4, 0.5) is 10.5 Å². The zero-order valence-corrected chi connectivity index (χ0v) is 20.5. The van der Waals surface area contributed by atoms with Gasteiger partial charge in [0.2, 0.25) is 5.91 Å². The highest BCUT2D eigenvalue weighted by Crippen LogP contribution is 2.23. The van der Waals surface area contributed by atoms with Crippen molar-refractivity contribution in [3.8, 4) is 11.1 Å². The first-order valence-electron chi connectivity index (χ1n) is 11.7. The Morgan fingerprint density at radius 1 is 1.06 bits per heavy atom. The number of carbonyl (C=O) groups excluding carboxylic acids is 2. The van der Waals surface area contributed by atoms with Gasteiger partial charge in [0, 0.05) is 36.3 Å². The number of anilines is 1. The lowest BCUT2D eigenvalue weighted by atomic mass is 10.1. The van der Waals surface area contributed by atoms with Crippen molar-refractivity contribution in [1.29, 1.82) is 0 Å². The molecule has 0 saturated heterocycles. The lowest BCUT2D eigenvalue weighted by Crippen LogP contribution is -2.34. The summed E-state index contributed by atoms with van der Waals surface area (Å²) in [6, 6.07) is 16.7. The maximum absolute atomic E-state index is 12.5. The molecule has 2 aromatic heterocycles. The number of ether oxygens (including phenoxy) is 1. The number of benzene rings is 2. The maximum Gasteiger partial charge on any atom is 0.407 e. The van der Waals surface area contributed by atoms with Gasteiger partial charge in [0.1, 0.15) is 5.60 Å². The molecule has 0 bridgehead atoms. The van der Waals surface area contributed by atoms with Gasteiger partial charge in [-0.05, 0) is 61.7 Å². The van der Waals surface area contributed by atoms with Crippen LogP contribution in [0.3, 0.4) is 0 Å². The largest absolute Gasteiger partial charge is 0.444 e. The van der Waals surface area contributed by atoms with Gasteiger partial charge in [-0.3, -0.25) is 14.7 Å². The van der Waals surface area contributed by atoms with Crippen LogP contribution >= 0.6 is 0 Å². The van der Waals surface area contributed by atoms with E-state index in [0.29, 0.717) is 12.2 Å². The first-order valence-corrected chi connectivity index (χ1v) is 11.7. The number of alkyl carbamates (subject to hydrolysis) is 1. The standard InChI is InChI=1S/C27H29N5O4/c1-27(2,3)36-26(35)28-12-11-24(33)30-22-6-4-5-18(13-22)16-32-17-21(9-10-25(32)34)19-7-8-20-15-29-31-23(20)14-19/h4-10,13-15,17H,11-12,16H2,1-3H3,(H,28,35)(H,29,31)(H,30,33). The Hall–Kier alpha value is -4.40. The Morgan fingerprint density at radius 3 is 2.67 bits per heavy atom.